The molecule has 1 aromatic heterocycles. The molecule has 0 aliphatic carbocycles. The van der Waals surface area contributed by atoms with Gasteiger partial charge in [0.2, 0.25) is 5.89 Å². The van der Waals surface area contributed by atoms with Gasteiger partial charge in [0.15, 0.2) is 5.58 Å². The first-order valence-electron chi connectivity index (χ1n) is 7.25. The molecule has 2 aromatic carbocycles. The number of aromatic nitrogens is 1. The Morgan fingerprint density at radius 2 is 1.82 bits per heavy atom. The monoisotopic (exact) mass is 297 g/mol. The normalized spacial score (nSPS) is 11.1. The summed E-state index contributed by atoms with van der Waals surface area (Å²) in [5.41, 5.74) is 3.64. The van der Waals surface area contributed by atoms with Gasteiger partial charge in [0.25, 0.3) is 0 Å². The number of benzene rings is 2. The van der Waals surface area contributed by atoms with Gasteiger partial charge in [-0.2, -0.15) is 0 Å². The van der Waals surface area contributed by atoms with E-state index >= 15 is 0 Å². The molecule has 0 bridgehead atoms. The quantitative estimate of drug-likeness (QED) is 0.704. The van der Waals surface area contributed by atoms with E-state index in [1.165, 1.54) is 5.56 Å². The summed E-state index contributed by atoms with van der Waals surface area (Å²) in [5.74, 6) is 2.43. The lowest BCUT2D eigenvalue weighted by Gasteiger charge is -2.07. The summed E-state index contributed by atoms with van der Waals surface area (Å²) in [4.78, 5) is 4.61. The minimum atomic E-state index is 0.455. The molecule has 114 valence electrons. The predicted octanol–water partition coefficient (Wildman–Crippen LogP) is 4.64. The number of nitrogens with zero attached hydrogens (tertiary/aromatic N) is 1. The molecule has 0 fully saturated rings. The van der Waals surface area contributed by atoms with Crippen LogP contribution in [0.1, 0.15) is 25.3 Å². The van der Waals surface area contributed by atoms with E-state index in [-0.39, 0.29) is 0 Å². The summed E-state index contributed by atoms with van der Waals surface area (Å²) in [5, 5.41) is 0. The van der Waals surface area contributed by atoms with Gasteiger partial charge >= 0.3 is 0 Å². The van der Waals surface area contributed by atoms with Crippen LogP contribution in [-0.2, 0) is 0 Å². The molecular formula is C18H19NO3. The highest BCUT2D eigenvalue weighted by atomic mass is 16.5. The number of oxazole rings is 1. The fraction of sp³-hybridized carbons (Fsp3) is 0.278. The maximum atomic E-state index is 5.88. The van der Waals surface area contributed by atoms with Crippen molar-refractivity contribution in [3.8, 4) is 23.0 Å². The predicted molar refractivity (Wildman–Crippen MR) is 86.6 cm³/mol. The minimum absolute atomic E-state index is 0.455. The first-order chi connectivity index (χ1) is 10.6. The molecule has 0 aliphatic heterocycles. The highest BCUT2D eigenvalue weighted by Gasteiger charge is 2.15. The van der Waals surface area contributed by atoms with Gasteiger partial charge in [0, 0.05) is 0 Å². The molecule has 3 aromatic rings. The Labute approximate surface area is 129 Å². The number of hydrogen-bond donors (Lipinski definition) is 0. The van der Waals surface area contributed by atoms with E-state index in [0.717, 1.165) is 22.4 Å². The zero-order valence-corrected chi connectivity index (χ0v) is 13.2. The lowest BCUT2D eigenvalue weighted by Crippen LogP contribution is -1.90. The molecule has 3 rings (SSSR count). The van der Waals surface area contributed by atoms with E-state index in [1.54, 1.807) is 14.2 Å². The first-order valence-corrected chi connectivity index (χ1v) is 7.25. The van der Waals surface area contributed by atoms with Crippen LogP contribution in [-0.4, -0.2) is 19.2 Å². The van der Waals surface area contributed by atoms with Crippen molar-refractivity contribution < 1.29 is 13.9 Å². The Balaban J connectivity index is 2.13. The summed E-state index contributed by atoms with van der Waals surface area (Å²) < 4.78 is 16.6. The van der Waals surface area contributed by atoms with E-state index in [4.69, 9.17) is 13.9 Å². The molecule has 22 heavy (non-hydrogen) atoms. The third-order valence-corrected chi connectivity index (χ3v) is 3.72. The Hall–Kier alpha value is -2.49. The highest BCUT2D eigenvalue weighted by molar-refractivity contribution is 5.78. The molecule has 4 nitrogen and oxygen atoms in total. The molecule has 0 aliphatic rings. The number of methoxy groups -OCH3 is 2. The molecular weight excluding hydrogens is 278 g/mol. The highest BCUT2D eigenvalue weighted by Crippen LogP contribution is 2.35. The molecule has 0 atom stereocenters. The van der Waals surface area contributed by atoms with Crippen LogP contribution in [0.25, 0.3) is 22.6 Å². The Bertz CT molecular complexity index is 805. The van der Waals surface area contributed by atoms with Crippen molar-refractivity contribution in [2.45, 2.75) is 19.8 Å². The van der Waals surface area contributed by atoms with Gasteiger partial charge in [-0.05, 0) is 41.8 Å². The number of ether oxygens (including phenoxy) is 2. The topological polar surface area (TPSA) is 44.5 Å². The lowest BCUT2D eigenvalue weighted by molar-refractivity contribution is 0.403. The second kappa shape index (κ2) is 5.72. The van der Waals surface area contributed by atoms with E-state index in [9.17, 15) is 0 Å². The third-order valence-electron chi connectivity index (χ3n) is 3.72. The van der Waals surface area contributed by atoms with Crippen LogP contribution in [0, 0.1) is 0 Å². The Morgan fingerprint density at radius 1 is 1.00 bits per heavy atom. The van der Waals surface area contributed by atoms with E-state index in [0.29, 0.717) is 17.6 Å². The van der Waals surface area contributed by atoms with Crippen LogP contribution >= 0.6 is 0 Å². The van der Waals surface area contributed by atoms with Crippen LogP contribution in [0.4, 0.5) is 0 Å². The molecule has 4 heteroatoms. The first kappa shape index (κ1) is 14.4. The van der Waals surface area contributed by atoms with E-state index < -0.39 is 0 Å². The summed E-state index contributed by atoms with van der Waals surface area (Å²) in [6, 6.07) is 11.7. The summed E-state index contributed by atoms with van der Waals surface area (Å²) in [6.07, 6.45) is 0. The largest absolute Gasteiger partial charge is 0.497 e. The van der Waals surface area contributed by atoms with Crippen LogP contribution in [0.3, 0.4) is 0 Å². The zero-order chi connectivity index (χ0) is 15.7. The molecule has 1 heterocycles. The third kappa shape index (κ3) is 2.52. The number of fused-ring (bicyclic) bond motifs is 1. The van der Waals surface area contributed by atoms with Crippen molar-refractivity contribution in [3.05, 3.63) is 42.0 Å². The van der Waals surface area contributed by atoms with Gasteiger partial charge < -0.3 is 13.9 Å². The van der Waals surface area contributed by atoms with Gasteiger partial charge in [0.05, 0.1) is 19.8 Å². The van der Waals surface area contributed by atoms with E-state index in [1.807, 2.05) is 24.3 Å². The van der Waals surface area contributed by atoms with Crippen molar-refractivity contribution in [2.75, 3.05) is 14.2 Å². The average molecular weight is 297 g/mol. The molecule has 0 saturated heterocycles. The number of hydrogen-bond acceptors (Lipinski definition) is 4. The fourth-order valence-corrected chi connectivity index (χ4v) is 2.40. The van der Waals surface area contributed by atoms with Gasteiger partial charge in [-0.15, -0.1) is 0 Å². The Kier molecular flexibility index (Phi) is 3.75. The lowest BCUT2D eigenvalue weighted by atomic mass is 10.0. The van der Waals surface area contributed by atoms with Gasteiger partial charge in [-0.25, -0.2) is 4.98 Å². The van der Waals surface area contributed by atoms with E-state index in [2.05, 4.69) is 31.0 Å². The molecule has 0 unspecified atom stereocenters. The van der Waals surface area contributed by atoms with Crippen LogP contribution in [0.2, 0.25) is 0 Å². The van der Waals surface area contributed by atoms with Gasteiger partial charge in [-0.3, -0.25) is 0 Å². The second-order valence-electron chi connectivity index (χ2n) is 5.47. The zero-order valence-electron chi connectivity index (χ0n) is 13.2. The summed E-state index contributed by atoms with van der Waals surface area (Å²) in [6.45, 7) is 4.32. The standard InChI is InChI=1S/C18H19NO3/c1-11(2)12-5-7-17-15(9-12)19-18(22-17)14-10-13(20-3)6-8-16(14)21-4/h5-11H,1-4H3. The summed E-state index contributed by atoms with van der Waals surface area (Å²) >= 11 is 0. The Morgan fingerprint density at radius 3 is 2.50 bits per heavy atom. The fourth-order valence-electron chi connectivity index (χ4n) is 2.40. The SMILES string of the molecule is COc1ccc(OC)c(-c2nc3cc(C(C)C)ccc3o2)c1. The average Bonchev–Trinajstić information content (AvgIpc) is 2.96. The second-order valence-corrected chi connectivity index (χ2v) is 5.47. The molecule has 0 N–H and O–H groups in total. The summed E-state index contributed by atoms with van der Waals surface area (Å²) in [7, 11) is 3.26. The molecule has 0 amide bonds. The van der Waals surface area contributed by atoms with Crippen molar-refractivity contribution in [1.82, 2.24) is 4.98 Å². The smallest absolute Gasteiger partial charge is 0.231 e. The van der Waals surface area contributed by atoms with Gasteiger partial charge in [0.1, 0.15) is 17.0 Å². The van der Waals surface area contributed by atoms with Crippen LogP contribution in [0.5, 0.6) is 11.5 Å². The minimum Gasteiger partial charge on any atom is -0.497 e. The number of rotatable bonds is 4. The molecule has 0 radical (unpaired) electrons. The molecule has 0 spiro atoms. The van der Waals surface area contributed by atoms with Gasteiger partial charge in [-0.1, -0.05) is 19.9 Å². The maximum Gasteiger partial charge on any atom is 0.231 e. The molecule has 0 saturated carbocycles. The van der Waals surface area contributed by atoms with Crippen LogP contribution in [0.15, 0.2) is 40.8 Å². The maximum absolute atomic E-state index is 5.88. The van der Waals surface area contributed by atoms with Crippen molar-refractivity contribution in [2.24, 2.45) is 0 Å². The van der Waals surface area contributed by atoms with Crippen molar-refractivity contribution in [3.63, 3.8) is 0 Å². The van der Waals surface area contributed by atoms with Crippen molar-refractivity contribution >= 4 is 11.1 Å². The van der Waals surface area contributed by atoms with Crippen molar-refractivity contribution in [1.29, 1.82) is 0 Å². The van der Waals surface area contributed by atoms with Crippen LogP contribution < -0.4 is 9.47 Å².